The molecule has 1 aliphatic heterocycles. The first-order valence-corrected chi connectivity index (χ1v) is 8.53. The molecular formula is C16H26BrN3O. The van der Waals surface area contributed by atoms with Gasteiger partial charge in [-0.2, -0.15) is 0 Å². The first-order chi connectivity index (χ1) is 10.1. The van der Waals surface area contributed by atoms with Gasteiger partial charge in [-0.15, -0.1) is 0 Å². The number of aromatic nitrogens is 1. The van der Waals surface area contributed by atoms with E-state index in [-0.39, 0.29) is 0 Å². The Hall–Kier alpha value is -0.650. The molecule has 0 amide bonds. The Bertz CT molecular complexity index is 447. The maximum atomic E-state index is 5.46. The lowest BCUT2D eigenvalue weighted by molar-refractivity contribution is 0.0853. The quantitative estimate of drug-likeness (QED) is 0.849. The van der Waals surface area contributed by atoms with Crippen LogP contribution in [0.15, 0.2) is 16.7 Å². The smallest absolute Gasteiger partial charge is 0.133 e. The average Bonchev–Trinajstić information content (AvgIpc) is 2.47. The highest BCUT2D eigenvalue weighted by molar-refractivity contribution is 9.10. The normalized spacial score (nSPS) is 16.4. The molecule has 1 aromatic rings. The molecule has 2 heterocycles. The van der Waals surface area contributed by atoms with Crippen molar-refractivity contribution in [2.75, 3.05) is 31.7 Å². The second kappa shape index (κ2) is 8.11. The molecule has 0 radical (unpaired) electrons. The van der Waals surface area contributed by atoms with Crippen LogP contribution in [-0.4, -0.2) is 37.8 Å². The summed E-state index contributed by atoms with van der Waals surface area (Å²) in [6, 6.07) is 2.70. The number of anilines is 1. The minimum atomic E-state index is 0.524. The Morgan fingerprint density at radius 1 is 1.43 bits per heavy atom. The van der Waals surface area contributed by atoms with Gasteiger partial charge in [0.25, 0.3) is 0 Å². The monoisotopic (exact) mass is 355 g/mol. The van der Waals surface area contributed by atoms with Gasteiger partial charge in [-0.25, -0.2) is 4.98 Å². The van der Waals surface area contributed by atoms with Crippen molar-refractivity contribution in [1.29, 1.82) is 0 Å². The molecule has 1 aliphatic rings. The van der Waals surface area contributed by atoms with Gasteiger partial charge in [-0.3, -0.25) is 0 Å². The molecule has 0 atom stereocenters. The number of nitrogens with one attached hydrogen (secondary N) is 1. The fourth-order valence-corrected chi connectivity index (χ4v) is 3.04. The zero-order valence-corrected chi connectivity index (χ0v) is 14.8. The van der Waals surface area contributed by atoms with Gasteiger partial charge >= 0.3 is 0 Å². The largest absolute Gasteiger partial charge is 0.381 e. The van der Waals surface area contributed by atoms with Crippen LogP contribution in [-0.2, 0) is 11.3 Å². The summed E-state index contributed by atoms with van der Waals surface area (Å²) in [7, 11) is 2.15. The van der Waals surface area contributed by atoms with Gasteiger partial charge < -0.3 is 15.0 Å². The van der Waals surface area contributed by atoms with Crippen LogP contribution in [0.3, 0.4) is 0 Å². The molecule has 21 heavy (non-hydrogen) atoms. The number of hydrogen-bond donors (Lipinski definition) is 1. The molecule has 118 valence electrons. The second-order valence-corrected chi connectivity index (χ2v) is 7.03. The van der Waals surface area contributed by atoms with E-state index in [1.54, 1.807) is 0 Å². The summed E-state index contributed by atoms with van der Waals surface area (Å²) in [4.78, 5) is 6.97. The number of pyridine rings is 1. The molecule has 0 saturated carbocycles. The van der Waals surface area contributed by atoms with Crippen molar-refractivity contribution in [1.82, 2.24) is 10.3 Å². The van der Waals surface area contributed by atoms with E-state index < -0.39 is 0 Å². The molecule has 1 fully saturated rings. The van der Waals surface area contributed by atoms with Gasteiger partial charge in [0, 0.05) is 49.1 Å². The molecule has 0 bridgehead atoms. The maximum Gasteiger partial charge on any atom is 0.133 e. The zero-order chi connectivity index (χ0) is 15.2. The number of hydrogen-bond acceptors (Lipinski definition) is 4. The third-order valence-electron chi connectivity index (χ3n) is 3.85. The second-order valence-electron chi connectivity index (χ2n) is 6.12. The molecule has 0 aromatic carbocycles. The van der Waals surface area contributed by atoms with Crippen LogP contribution in [0.2, 0.25) is 0 Å². The van der Waals surface area contributed by atoms with Gasteiger partial charge in [0.15, 0.2) is 0 Å². The lowest BCUT2D eigenvalue weighted by Gasteiger charge is -2.33. The Labute approximate surface area is 136 Å². The molecule has 1 N–H and O–H groups in total. The van der Waals surface area contributed by atoms with Gasteiger partial charge in [-0.05, 0) is 47.3 Å². The third kappa shape index (κ3) is 4.94. The van der Waals surface area contributed by atoms with Crippen LogP contribution in [0.4, 0.5) is 5.82 Å². The van der Waals surface area contributed by atoms with Crippen molar-refractivity contribution in [3.05, 3.63) is 22.3 Å². The van der Waals surface area contributed by atoms with E-state index in [0.717, 1.165) is 49.4 Å². The first kappa shape index (κ1) is 16.7. The Balaban J connectivity index is 2.09. The molecule has 0 unspecified atom stereocenters. The summed E-state index contributed by atoms with van der Waals surface area (Å²) in [5.74, 6) is 1.74. The van der Waals surface area contributed by atoms with Crippen molar-refractivity contribution in [2.24, 2.45) is 5.92 Å². The van der Waals surface area contributed by atoms with Crippen LogP contribution in [0.1, 0.15) is 32.3 Å². The maximum absolute atomic E-state index is 5.46. The van der Waals surface area contributed by atoms with E-state index in [0.29, 0.717) is 12.0 Å². The highest BCUT2D eigenvalue weighted by Gasteiger charge is 2.21. The standard InChI is InChI=1S/C16H26BrN3O/c1-12(2)9-18-10-13-8-14(17)11-19-16(13)20(3)15-4-6-21-7-5-15/h8,11-12,15,18H,4-7,9-10H2,1-3H3. The summed E-state index contributed by atoms with van der Waals surface area (Å²) in [5, 5.41) is 3.51. The number of nitrogens with zero attached hydrogens (tertiary/aromatic N) is 2. The topological polar surface area (TPSA) is 37.4 Å². The molecule has 2 rings (SSSR count). The van der Waals surface area contributed by atoms with Crippen LogP contribution < -0.4 is 10.2 Å². The third-order valence-corrected chi connectivity index (χ3v) is 4.28. The molecular weight excluding hydrogens is 330 g/mol. The summed E-state index contributed by atoms with van der Waals surface area (Å²) in [6.45, 7) is 8.03. The Kier molecular flexibility index (Phi) is 6.45. The Morgan fingerprint density at radius 2 is 2.14 bits per heavy atom. The van der Waals surface area contributed by atoms with E-state index in [9.17, 15) is 0 Å². The van der Waals surface area contributed by atoms with Gasteiger partial charge in [-0.1, -0.05) is 13.8 Å². The average molecular weight is 356 g/mol. The summed E-state index contributed by atoms with van der Waals surface area (Å²) in [5.41, 5.74) is 1.25. The fourth-order valence-electron chi connectivity index (χ4n) is 2.66. The minimum absolute atomic E-state index is 0.524. The first-order valence-electron chi connectivity index (χ1n) is 7.73. The zero-order valence-electron chi connectivity index (χ0n) is 13.2. The molecule has 4 nitrogen and oxygen atoms in total. The van der Waals surface area contributed by atoms with Crippen molar-refractivity contribution in [3.8, 4) is 0 Å². The lowest BCUT2D eigenvalue weighted by Crippen LogP contribution is -2.38. The summed E-state index contributed by atoms with van der Waals surface area (Å²) in [6.07, 6.45) is 4.04. The highest BCUT2D eigenvalue weighted by Crippen LogP contribution is 2.25. The number of halogens is 1. The van der Waals surface area contributed by atoms with Gasteiger partial charge in [0.1, 0.15) is 5.82 Å². The van der Waals surface area contributed by atoms with Crippen molar-refractivity contribution >= 4 is 21.7 Å². The Morgan fingerprint density at radius 3 is 2.81 bits per heavy atom. The van der Waals surface area contributed by atoms with Crippen molar-refractivity contribution < 1.29 is 4.74 Å². The lowest BCUT2D eigenvalue weighted by atomic mass is 10.1. The van der Waals surface area contributed by atoms with E-state index in [1.807, 2.05) is 6.20 Å². The van der Waals surface area contributed by atoms with E-state index in [1.165, 1.54) is 5.56 Å². The molecule has 5 heteroatoms. The predicted octanol–water partition coefficient (Wildman–Crippen LogP) is 3.20. The fraction of sp³-hybridized carbons (Fsp3) is 0.688. The minimum Gasteiger partial charge on any atom is -0.381 e. The van der Waals surface area contributed by atoms with Crippen LogP contribution in [0.25, 0.3) is 0 Å². The molecule has 0 spiro atoms. The summed E-state index contributed by atoms with van der Waals surface area (Å²) >= 11 is 3.53. The van der Waals surface area contributed by atoms with E-state index >= 15 is 0 Å². The molecule has 0 aliphatic carbocycles. The number of rotatable bonds is 6. The molecule has 1 aromatic heterocycles. The van der Waals surface area contributed by atoms with Crippen LogP contribution >= 0.6 is 15.9 Å². The van der Waals surface area contributed by atoms with Crippen molar-refractivity contribution in [3.63, 3.8) is 0 Å². The summed E-state index contributed by atoms with van der Waals surface area (Å²) < 4.78 is 6.49. The van der Waals surface area contributed by atoms with E-state index in [2.05, 4.69) is 58.1 Å². The van der Waals surface area contributed by atoms with E-state index in [4.69, 9.17) is 4.74 Å². The van der Waals surface area contributed by atoms with Gasteiger partial charge in [0.2, 0.25) is 0 Å². The van der Waals surface area contributed by atoms with Crippen molar-refractivity contribution in [2.45, 2.75) is 39.3 Å². The molecule has 1 saturated heterocycles. The highest BCUT2D eigenvalue weighted by atomic mass is 79.9. The van der Waals surface area contributed by atoms with Gasteiger partial charge in [0.05, 0.1) is 0 Å². The predicted molar refractivity (Wildman–Crippen MR) is 90.7 cm³/mol. The van der Waals surface area contributed by atoms with Crippen LogP contribution in [0, 0.1) is 5.92 Å². The number of ether oxygens (including phenoxy) is 1. The van der Waals surface area contributed by atoms with Crippen LogP contribution in [0.5, 0.6) is 0 Å². The SMILES string of the molecule is CC(C)CNCc1cc(Br)cnc1N(C)C1CCOCC1.